The Balaban J connectivity index is 1.66. The molecule has 27 heavy (non-hydrogen) atoms. The van der Waals surface area contributed by atoms with E-state index in [1.54, 1.807) is 11.3 Å². The van der Waals surface area contributed by atoms with Crippen LogP contribution in [-0.2, 0) is 13.0 Å². The molecule has 0 aliphatic carbocycles. The van der Waals surface area contributed by atoms with Crippen LogP contribution in [0.25, 0.3) is 0 Å². The predicted octanol–water partition coefficient (Wildman–Crippen LogP) is 4.12. The van der Waals surface area contributed by atoms with E-state index in [1.165, 1.54) is 42.2 Å². The Bertz CT molecular complexity index is 749. The number of benzene rings is 1. The lowest BCUT2D eigenvalue weighted by atomic mass is 10.1. The number of aromatic nitrogens is 1. The van der Waals surface area contributed by atoms with Gasteiger partial charge in [0, 0.05) is 30.7 Å². The van der Waals surface area contributed by atoms with Crippen molar-refractivity contribution < 1.29 is 0 Å². The first kappa shape index (κ1) is 19.7. The average Bonchev–Trinajstić information content (AvgIpc) is 3.38. The number of thiazole rings is 1. The zero-order chi connectivity index (χ0) is 19.1. The van der Waals surface area contributed by atoms with Gasteiger partial charge >= 0.3 is 0 Å². The van der Waals surface area contributed by atoms with Crippen LogP contribution in [0.3, 0.4) is 0 Å². The summed E-state index contributed by atoms with van der Waals surface area (Å²) in [6, 6.07) is 9.06. The molecule has 0 radical (unpaired) electrons. The van der Waals surface area contributed by atoms with Gasteiger partial charge in [0.1, 0.15) is 0 Å². The van der Waals surface area contributed by atoms with Gasteiger partial charge in [0.2, 0.25) is 0 Å². The van der Waals surface area contributed by atoms with Crippen molar-refractivity contribution in [3.8, 4) is 0 Å². The van der Waals surface area contributed by atoms with Gasteiger partial charge in [-0.25, -0.2) is 9.98 Å². The maximum Gasteiger partial charge on any atom is 0.192 e. The van der Waals surface area contributed by atoms with Gasteiger partial charge in [-0.3, -0.25) is 0 Å². The van der Waals surface area contributed by atoms with Gasteiger partial charge < -0.3 is 15.5 Å². The van der Waals surface area contributed by atoms with Gasteiger partial charge in [-0.15, -0.1) is 11.3 Å². The van der Waals surface area contributed by atoms with E-state index in [4.69, 9.17) is 4.99 Å². The summed E-state index contributed by atoms with van der Waals surface area (Å²) in [5, 5.41) is 10.2. The summed E-state index contributed by atoms with van der Waals surface area (Å²) in [5.41, 5.74) is 3.65. The second-order valence-corrected chi connectivity index (χ2v) is 7.88. The Morgan fingerprint density at radius 2 is 2.11 bits per heavy atom. The Labute approximate surface area is 166 Å². The second-order valence-electron chi connectivity index (χ2n) is 6.94. The summed E-state index contributed by atoms with van der Waals surface area (Å²) >= 11 is 1.71. The topological polar surface area (TPSA) is 52.6 Å². The molecule has 1 atom stereocenters. The van der Waals surface area contributed by atoms with Gasteiger partial charge in [0.15, 0.2) is 5.96 Å². The number of aliphatic imine (C=N–C) groups is 1. The van der Waals surface area contributed by atoms with Gasteiger partial charge in [-0.2, -0.15) is 0 Å². The van der Waals surface area contributed by atoms with Crippen LogP contribution >= 0.6 is 11.3 Å². The van der Waals surface area contributed by atoms with E-state index in [9.17, 15) is 0 Å². The zero-order valence-electron chi connectivity index (χ0n) is 16.7. The molecule has 2 N–H and O–H groups in total. The summed E-state index contributed by atoms with van der Waals surface area (Å²) in [6.45, 7) is 10.2. The predicted molar refractivity (Wildman–Crippen MR) is 116 cm³/mol. The number of hydrogen-bond acceptors (Lipinski definition) is 4. The minimum atomic E-state index is 0.187. The van der Waals surface area contributed by atoms with Crippen LogP contribution < -0.4 is 15.5 Å². The highest BCUT2D eigenvalue weighted by molar-refractivity contribution is 7.09. The lowest BCUT2D eigenvalue weighted by Crippen LogP contribution is -2.38. The molecule has 1 unspecified atom stereocenters. The van der Waals surface area contributed by atoms with Crippen LogP contribution in [0.4, 0.5) is 5.69 Å². The van der Waals surface area contributed by atoms with Gasteiger partial charge in [-0.1, -0.05) is 19.1 Å². The molecule has 1 aromatic carbocycles. The number of anilines is 1. The number of guanidine groups is 1. The molecule has 1 aliphatic rings. The third-order valence-corrected chi connectivity index (χ3v) is 5.88. The van der Waals surface area contributed by atoms with E-state index in [0.717, 1.165) is 24.6 Å². The molecule has 0 amide bonds. The molecule has 2 heterocycles. The second kappa shape index (κ2) is 9.74. The fraction of sp³-hybridized carbons (Fsp3) is 0.524. The maximum absolute atomic E-state index is 4.72. The first-order valence-corrected chi connectivity index (χ1v) is 10.9. The Morgan fingerprint density at radius 3 is 2.81 bits per heavy atom. The molecule has 0 saturated carbocycles. The minimum Gasteiger partial charge on any atom is -0.372 e. The standard InChI is InChI=1S/C21H31N5S/c1-4-20-25-18(15-27-20)14-23-21(22-5-2)24-16(3)17-9-8-10-19(13-17)26-11-6-7-12-26/h8-10,13,15-16H,4-7,11-12,14H2,1-3H3,(H2,22,23,24). The van der Waals surface area contributed by atoms with Gasteiger partial charge in [-0.05, 0) is 50.8 Å². The molecule has 146 valence electrons. The Morgan fingerprint density at radius 1 is 1.30 bits per heavy atom. The molecular formula is C21H31N5S. The zero-order valence-corrected chi connectivity index (χ0v) is 17.5. The van der Waals surface area contributed by atoms with E-state index < -0.39 is 0 Å². The number of rotatable bonds is 7. The van der Waals surface area contributed by atoms with Crippen molar-refractivity contribution in [2.24, 2.45) is 4.99 Å². The maximum atomic E-state index is 4.72. The number of aryl methyl sites for hydroxylation is 1. The largest absolute Gasteiger partial charge is 0.372 e. The normalized spacial score (nSPS) is 15.8. The highest BCUT2D eigenvalue weighted by atomic mass is 32.1. The molecule has 1 aromatic heterocycles. The van der Waals surface area contributed by atoms with Crippen LogP contribution in [0.1, 0.15) is 55.9 Å². The summed E-state index contributed by atoms with van der Waals surface area (Å²) in [4.78, 5) is 11.8. The fourth-order valence-electron chi connectivity index (χ4n) is 3.32. The summed E-state index contributed by atoms with van der Waals surface area (Å²) in [7, 11) is 0. The van der Waals surface area contributed by atoms with E-state index in [2.05, 4.69) is 70.9 Å². The first-order chi connectivity index (χ1) is 13.2. The van der Waals surface area contributed by atoms with Gasteiger partial charge in [0.05, 0.1) is 23.3 Å². The molecule has 5 nitrogen and oxygen atoms in total. The van der Waals surface area contributed by atoms with Crippen molar-refractivity contribution in [2.75, 3.05) is 24.5 Å². The van der Waals surface area contributed by atoms with E-state index >= 15 is 0 Å². The molecule has 6 heteroatoms. The molecule has 1 fully saturated rings. The van der Waals surface area contributed by atoms with Crippen molar-refractivity contribution in [1.29, 1.82) is 0 Å². The van der Waals surface area contributed by atoms with Crippen LogP contribution in [0.15, 0.2) is 34.6 Å². The van der Waals surface area contributed by atoms with Gasteiger partial charge in [0.25, 0.3) is 0 Å². The average molecular weight is 386 g/mol. The van der Waals surface area contributed by atoms with E-state index in [1.807, 2.05) is 0 Å². The molecule has 2 aromatic rings. The van der Waals surface area contributed by atoms with Crippen molar-refractivity contribution >= 4 is 23.0 Å². The molecule has 1 saturated heterocycles. The lowest BCUT2D eigenvalue weighted by molar-refractivity contribution is 0.685. The number of hydrogen-bond donors (Lipinski definition) is 2. The molecular weight excluding hydrogens is 354 g/mol. The van der Waals surface area contributed by atoms with Crippen LogP contribution in [0.2, 0.25) is 0 Å². The van der Waals surface area contributed by atoms with Crippen LogP contribution in [0.5, 0.6) is 0 Å². The summed E-state index contributed by atoms with van der Waals surface area (Å²) in [5.74, 6) is 0.836. The summed E-state index contributed by atoms with van der Waals surface area (Å²) < 4.78 is 0. The number of nitrogens with one attached hydrogen (secondary N) is 2. The third kappa shape index (κ3) is 5.45. The third-order valence-electron chi connectivity index (χ3n) is 4.84. The van der Waals surface area contributed by atoms with Crippen LogP contribution in [0, 0.1) is 0 Å². The quantitative estimate of drug-likeness (QED) is 0.556. The van der Waals surface area contributed by atoms with Crippen molar-refractivity contribution in [1.82, 2.24) is 15.6 Å². The highest BCUT2D eigenvalue weighted by Gasteiger charge is 2.14. The Kier molecular flexibility index (Phi) is 7.10. The fourth-order valence-corrected chi connectivity index (χ4v) is 4.05. The molecule has 0 bridgehead atoms. The van der Waals surface area contributed by atoms with E-state index in [0.29, 0.717) is 6.54 Å². The molecule has 0 spiro atoms. The monoisotopic (exact) mass is 385 g/mol. The first-order valence-electron chi connectivity index (χ1n) is 10.0. The molecule has 3 rings (SSSR count). The van der Waals surface area contributed by atoms with Crippen molar-refractivity contribution in [2.45, 2.75) is 52.6 Å². The van der Waals surface area contributed by atoms with E-state index in [-0.39, 0.29) is 6.04 Å². The van der Waals surface area contributed by atoms with Crippen molar-refractivity contribution in [3.05, 3.63) is 45.9 Å². The van der Waals surface area contributed by atoms with Crippen molar-refractivity contribution in [3.63, 3.8) is 0 Å². The minimum absolute atomic E-state index is 0.187. The smallest absolute Gasteiger partial charge is 0.192 e. The molecule has 1 aliphatic heterocycles. The highest BCUT2D eigenvalue weighted by Crippen LogP contribution is 2.24. The SMILES string of the molecule is CCNC(=NCc1csc(CC)n1)NC(C)c1cccc(N2CCCC2)c1. The van der Waals surface area contributed by atoms with Crippen LogP contribution in [-0.4, -0.2) is 30.6 Å². The Hall–Kier alpha value is -2.08. The number of nitrogens with zero attached hydrogens (tertiary/aromatic N) is 3. The summed E-state index contributed by atoms with van der Waals surface area (Å²) in [6.07, 6.45) is 3.58. The lowest BCUT2D eigenvalue weighted by Gasteiger charge is -2.22.